The zero-order valence-corrected chi connectivity index (χ0v) is 12.9. The summed E-state index contributed by atoms with van der Waals surface area (Å²) in [5, 5.41) is 0.577. The highest BCUT2D eigenvalue weighted by Gasteiger charge is 2.45. The molecule has 4 heteroatoms. The van der Waals surface area contributed by atoms with E-state index in [4.69, 9.17) is 11.6 Å². The lowest BCUT2D eigenvalue weighted by Crippen LogP contribution is -2.46. The Kier molecular flexibility index (Phi) is 4.46. The number of halogens is 3. The highest BCUT2D eigenvalue weighted by Crippen LogP contribution is 2.40. The highest BCUT2D eigenvalue weighted by atomic mass is 35.5. The molecule has 1 atom stereocenters. The normalized spacial score (nSPS) is 21.7. The van der Waals surface area contributed by atoms with Crippen molar-refractivity contribution in [1.82, 2.24) is 4.90 Å². The fourth-order valence-corrected chi connectivity index (χ4v) is 3.22. The van der Waals surface area contributed by atoms with E-state index in [1.807, 2.05) is 35.2 Å². The fraction of sp³-hybridized carbons (Fsp3) is 0.333. The summed E-state index contributed by atoms with van der Waals surface area (Å²) in [4.78, 5) is 1.84. The molecule has 0 aliphatic carbocycles. The minimum absolute atomic E-state index is 0.199. The number of hydrogen-bond acceptors (Lipinski definition) is 1. The molecule has 22 heavy (non-hydrogen) atoms. The molecule has 2 aromatic rings. The van der Waals surface area contributed by atoms with Gasteiger partial charge in [-0.25, -0.2) is 8.78 Å². The van der Waals surface area contributed by atoms with Crippen molar-refractivity contribution in [3.8, 4) is 0 Å². The molecule has 3 rings (SSSR count). The third kappa shape index (κ3) is 3.47. The van der Waals surface area contributed by atoms with Gasteiger partial charge in [-0.3, -0.25) is 4.90 Å². The van der Waals surface area contributed by atoms with Crippen molar-refractivity contribution in [2.75, 3.05) is 13.1 Å². The molecule has 0 radical (unpaired) electrons. The summed E-state index contributed by atoms with van der Waals surface area (Å²) in [5.41, 5.74) is 1.75. The van der Waals surface area contributed by atoms with Gasteiger partial charge in [0.2, 0.25) is 0 Å². The Morgan fingerprint density at radius 3 is 2.36 bits per heavy atom. The Morgan fingerprint density at radius 2 is 1.73 bits per heavy atom. The number of piperidine rings is 1. The van der Waals surface area contributed by atoms with Crippen LogP contribution in [0.15, 0.2) is 54.6 Å². The molecular weight excluding hydrogens is 304 g/mol. The number of hydrogen-bond donors (Lipinski definition) is 0. The third-order valence-electron chi connectivity index (χ3n) is 4.20. The van der Waals surface area contributed by atoms with Gasteiger partial charge in [0, 0.05) is 11.6 Å². The molecule has 0 N–H and O–H groups in total. The summed E-state index contributed by atoms with van der Waals surface area (Å²) in [5.74, 6) is -3.45. The molecule has 0 saturated carbocycles. The van der Waals surface area contributed by atoms with E-state index in [9.17, 15) is 8.78 Å². The Bertz CT molecular complexity index is 613. The number of benzene rings is 2. The van der Waals surface area contributed by atoms with Gasteiger partial charge in [-0.15, -0.1) is 0 Å². The lowest BCUT2D eigenvalue weighted by atomic mass is 9.86. The molecule has 0 amide bonds. The summed E-state index contributed by atoms with van der Waals surface area (Å²) >= 11 is 5.84. The average molecular weight is 322 g/mol. The quantitative estimate of drug-likeness (QED) is 0.772. The van der Waals surface area contributed by atoms with E-state index in [0.29, 0.717) is 30.1 Å². The SMILES string of the molecule is FC1(F)CN(Cc2ccccc2)CCC1c1ccc(Cl)cc1. The first kappa shape index (κ1) is 15.4. The van der Waals surface area contributed by atoms with Crippen LogP contribution in [-0.4, -0.2) is 23.9 Å². The van der Waals surface area contributed by atoms with Crippen molar-refractivity contribution in [3.05, 3.63) is 70.7 Å². The number of nitrogens with zero attached hydrogens (tertiary/aromatic N) is 1. The smallest absolute Gasteiger partial charge is 0.267 e. The fourth-order valence-electron chi connectivity index (χ4n) is 3.09. The Hall–Kier alpha value is -1.45. The predicted octanol–water partition coefficient (Wildman–Crippen LogP) is 4.96. The van der Waals surface area contributed by atoms with E-state index in [-0.39, 0.29) is 6.54 Å². The van der Waals surface area contributed by atoms with Crippen LogP contribution in [0.3, 0.4) is 0 Å². The van der Waals surface area contributed by atoms with Gasteiger partial charge in [0.05, 0.1) is 12.5 Å². The van der Waals surface area contributed by atoms with Gasteiger partial charge >= 0.3 is 0 Å². The Labute approximate surface area is 134 Å². The second-order valence-electron chi connectivity index (χ2n) is 5.85. The second-order valence-corrected chi connectivity index (χ2v) is 6.29. The summed E-state index contributed by atoms with van der Waals surface area (Å²) in [7, 11) is 0. The predicted molar refractivity (Wildman–Crippen MR) is 85.5 cm³/mol. The molecule has 1 aliphatic heterocycles. The van der Waals surface area contributed by atoms with Crippen molar-refractivity contribution in [2.45, 2.75) is 24.8 Å². The Morgan fingerprint density at radius 1 is 1.05 bits per heavy atom. The molecule has 0 spiro atoms. The summed E-state index contributed by atoms with van der Waals surface area (Å²) in [6.45, 7) is 1.05. The van der Waals surface area contributed by atoms with Crippen molar-refractivity contribution in [1.29, 1.82) is 0 Å². The first-order valence-electron chi connectivity index (χ1n) is 7.44. The Balaban J connectivity index is 1.70. The molecule has 2 aromatic carbocycles. The zero-order valence-electron chi connectivity index (χ0n) is 12.2. The van der Waals surface area contributed by atoms with Crippen LogP contribution in [0.2, 0.25) is 5.02 Å². The molecule has 1 fully saturated rings. The van der Waals surface area contributed by atoms with Gasteiger partial charge in [0.1, 0.15) is 0 Å². The topological polar surface area (TPSA) is 3.24 Å². The number of rotatable bonds is 3. The third-order valence-corrected chi connectivity index (χ3v) is 4.45. The molecule has 1 saturated heterocycles. The van der Waals surface area contributed by atoms with Crippen LogP contribution in [-0.2, 0) is 6.54 Å². The average Bonchev–Trinajstić information content (AvgIpc) is 2.49. The molecule has 1 heterocycles. The van der Waals surface area contributed by atoms with Crippen molar-refractivity contribution in [3.63, 3.8) is 0 Å². The summed E-state index contributed by atoms with van der Waals surface area (Å²) in [6, 6.07) is 16.6. The molecule has 1 aliphatic rings. The summed E-state index contributed by atoms with van der Waals surface area (Å²) < 4.78 is 29.1. The van der Waals surface area contributed by atoms with Crippen LogP contribution in [0.25, 0.3) is 0 Å². The van der Waals surface area contributed by atoms with E-state index in [1.165, 1.54) is 0 Å². The second kappa shape index (κ2) is 6.35. The first-order chi connectivity index (χ1) is 10.5. The zero-order chi connectivity index (χ0) is 15.6. The minimum Gasteiger partial charge on any atom is -0.293 e. The standard InChI is InChI=1S/C18H18ClF2N/c19-16-8-6-15(7-9-16)17-10-11-22(13-18(17,20)21)12-14-4-2-1-3-5-14/h1-9,17H,10-13H2. The lowest BCUT2D eigenvalue weighted by Gasteiger charge is -2.38. The van der Waals surface area contributed by atoms with Crippen LogP contribution < -0.4 is 0 Å². The van der Waals surface area contributed by atoms with Crippen LogP contribution in [0.5, 0.6) is 0 Å². The van der Waals surface area contributed by atoms with Gasteiger partial charge in [0.25, 0.3) is 5.92 Å². The van der Waals surface area contributed by atoms with Gasteiger partial charge in [-0.1, -0.05) is 54.1 Å². The highest BCUT2D eigenvalue weighted by molar-refractivity contribution is 6.30. The van der Waals surface area contributed by atoms with E-state index >= 15 is 0 Å². The minimum atomic E-state index is -2.72. The lowest BCUT2D eigenvalue weighted by molar-refractivity contribution is -0.0848. The number of likely N-dealkylation sites (tertiary alicyclic amines) is 1. The molecule has 116 valence electrons. The monoisotopic (exact) mass is 321 g/mol. The maximum atomic E-state index is 14.5. The molecular formula is C18H18ClF2N. The van der Waals surface area contributed by atoms with Crippen LogP contribution >= 0.6 is 11.6 Å². The maximum absolute atomic E-state index is 14.5. The van der Waals surface area contributed by atoms with E-state index in [1.54, 1.807) is 24.3 Å². The van der Waals surface area contributed by atoms with E-state index in [2.05, 4.69) is 0 Å². The van der Waals surface area contributed by atoms with Crippen LogP contribution in [0.1, 0.15) is 23.5 Å². The first-order valence-corrected chi connectivity index (χ1v) is 7.82. The van der Waals surface area contributed by atoms with Crippen molar-refractivity contribution < 1.29 is 8.78 Å². The maximum Gasteiger partial charge on any atom is 0.267 e. The molecule has 0 bridgehead atoms. The summed E-state index contributed by atoms with van der Waals surface area (Å²) in [6.07, 6.45) is 0.460. The van der Waals surface area contributed by atoms with Crippen molar-refractivity contribution in [2.24, 2.45) is 0 Å². The largest absolute Gasteiger partial charge is 0.293 e. The number of alkyl halides is 2. The van der Waals surface area contributed by atoms with Crippen molar-refractivity contribution >= 4 is 11.6 Å². The van der Waals surface area contributed by atoms with Crippen LogP contribution in [0, 0.1) is 0 Å². The van der Waals surface area contributed by atoms with Gasteiger partial charge in [-0.2, -0.15) is 0 Å². The van der Waals surface area contributed by atoms with Gasteiger partial charge in [0.15, 0.2) is 0 Å². The van der Waals surface area contributed by atoms with Gasteiger partial charge < -0.3 is 0 Å². The van der Waals surface area contributed by atoms with Gasteiger partial charge in [-0.05, 0) is 36.2 Å². The van der Waals surface area contributed by atoms with Crippen LogP contribution in [0.4, 0.5) is 8.78 Å². The molecule has 1 nitrogen and oxygen atoms in total. The van der Waals surface area contributed by atoms with E-state index in [0.717, 1.165) is 5.56 Å². The van der Waals surface area contributed by atoms with E-state index < -0.39 is 11.8 Å². The molecule has 0 aromatic heterocycles. The molecule has 1 unspecified atom stereocenters.